The molecule has 0 unspecified atom stereocenters. The van der Waals surface area contributed by atoms with Crippen LogP contribution in [0.25, 0.3) is 0 Å². The maximum absolute atomic E-state index is 5.73. The van der Waals surface area contributed by atoms with Crippen LogP contribution < -0.4 is 0 Å². The maximum atomic E-state index is 5.73. The van der Waals surface area contributed by atoms with Gasteiger partial charge in [-0.2, -0.15) is 0 Å². The topological polar surface area (TPSA) is 34.6 Å². The van der Waals surface area contributed by atoms with Crippen LogP contribution >= 0.6 is 15.9 Å². The molecule has 0 aliphatic carbocycles. The number of pyridine rings is 1. The molecule has 2 aliphatic rings. The largest absolute Gasteiger partial charge is 0.347 e. The number of likely N-dealkylation sites (tertiary alicyclic amines) is 1. The molecule has 3 heterocycles. The summed E-state index contributed by atoms with van der Waals surface area (Å²) in [5.41, 5.74) is 1.11. The van der Waals surface area contributed by atoms with E-state index in [0.717, 1.165) is 56.0 Å². The Morgan fingerprint density at radius 2 is 1.94 bits per heavy atom. The summed E-state index contributed by atoms with van der Waals surface area (Å²) in [6.45, 7) is 4.40. The zero-order valence-electron chi connectivity index (χ0n) is 10.3. The fourth-order valence-corrected chi connectivity index (χ4v) is 2.99. The summed E-state index contributed by atoms with van der Waals surface area (Å²) in [6.07, 6.45) is 1.92. The Morgan fingerprint density at radius 1 is 1.22 bits per heavy atom. The predicted molar refractivity (Wildman–Crippen MR) is 71.1 cm³/mol. The first-order valence-electron chi connectivity index (χ1n) is 6.38. The molecule has 1 aromatic rings. The molecule has 0 N–H and O–H groups in total. The Kier molecular flexibility index (Phi) is 3.66. The molecule has 0 aromatic carbocycles. The lowest BCUT2D eigenvalue weighted by molar-refractivity contribution is -0.185. The average Bonchev–Trinajstić information content (AvgIpc) is 2.81. The van der Waals surface area contributed by atoms with E-state index in [2.05, 4.69) is 31.9 Å². The van der Waals surface area contributed by atoms with Gasteiger partial charge in [-0.1, -0.05) is 6.07 Å². The lowest BCUT2D eigenvalue weighted by Gasteiger charge is -2.37. The third kappa shape index (κ3) is 2.74. The molecule has 2 saturated heterocycles. The van der Waals surface area contributed by atoms with Crippen molar-refractivity contribution in [1.29, 1.82) is 0 Å². The van der Waals surface area contributed by atoms with Gasteiger partial charge in [0.1, 0.15) is 4.60 Å². The molecule has 0 radical (unpaired) electrons. The van der Waals surface area contributed by atoms with Gasteiger partial charge in [-0.15, -0.1) is 0 Å². The van der Waals surface area contributed by atoms with Gasteiger partial charge in [0.25, 0.3) is 0 Å². The zero-order valence-corrected chi connectivity index (χ0v) is 11.9. The highest BCUT2D eigenvalue weighted by Gasteiger charge is 2.39. The van der Waals surface area contributed by atoms with Gasteiger partial charge in [-0.05, 0) is 28.1 Å². The van der Waals surface area contributed by atoms with E-state index >= 15 is 0 Å². The van der Waals surface area contributed by atoms with E-state index in [1.54, 1.807) is 0 Å². The number of halogens is 1. The second-order valence-electron chi connectivity index (χ2n) is 4.84. The first kappa shape index (κ1) is 12.5. The van der Waals surface area contributed by atoms with Crippen molar-refractivity contribution in [3.05, 3.63) is 28.5 Å². The number of ether oxygens (including phenoxy) is 2. The van der Waals surface area contributed by atoms with Gasteiger partial charge in [-0.25, -0.2) is 4.98 Å². The molecule has 0 atom stereocenters. The molecule has 2 fully saturated rings. The van der Waals surface area contributed by atoms with Gasteiger partial charge in [0.2, 0.25) is 0 Å². The van der Waals surface area contributed by atoms with E-state index < -0.39 is 0 Å². The van der Waals surface area contributed by atoms with E-state index in [-0.39, 0.29) is 5.79 Å². The maximum Gasteiger partial charge on any atom is 0.170 e. The number of hydrogen-bond acceptors (Lipinski definition) is 4. The first-order valence-corrected chi connectivity index (χ1v) is 7.17. The van der Waals surface area contributed by atoms with Crippen LogP contribution in [0, 0.1) is 0 Å². The average molecular weight is 313 g/mol. The van der Waals surface area contributed by atoms with Crippen molar-refractivity contribution in [2.24, 2.45) is 0 Å². The Balaban J connectivity index is 1.57. The molecule has 98 valence electrons. The Morgan fingerprint density at radius 3 is 2.61 bits per heavy atom. The Labute approximate surface area is 115 Å². The molecule has 1 spiro atoms. The molecule has 18 heavy (non-hydrogen) atoms. The highest BCUT2D eigenvalue weighted by atomic mass is 79.9. The summed E-state index contributed by atoms with van der Waals surface area (Å²) in [5.74, 6) is -0.277. The van der Waals surface area contributed by atoms with Crippen LogP contribution in [0.1, 0.15) is 18.5 Å². The molecular weight excluding hydrogens is 296 g/mol. The molecule has 0 bridgehead atoms. The van der Waals surface area contributed by atoms with Crippen LogP contribution in [0.2, 0.25) is 0 Å². The second kappa shape index (κ2) is 5.25. The van der Waals surface area contributed by atoms with E-state index in [1.807, 2.05) is 12.1 Å². The standard InChI is InChI=1S/C13H17BrN2O2/c14-12-3-1-2-11(15-12)10-16-6-4-13(5-7-16)17-8-9-18-13/h1-3H,4-10H2. The number of nitrogens with zero attached hydrogens (tertiary/aromatic N) is 2. The SMILES string of the molecule is Brc1cccc(CN2CCC3(CC2)OCCO3)n1. The van der Waals surface area contributed by atoms with Crippen molar-refractivity contribution in [2.45, 2.75) is 25.2 Å². The summed E-state index contributed by atoms with van der Waals surface area (Å²) < 4.78 is 12.4. The van der Waals surface area contributed by atoms with Gasteiger partial charge < -0.3 is 9.47 Å². The number of aromatic nitrogens is 1. The zero-order chi connectivity index (χ0) is 12.4. The minimum atomic E-state index is -0.277. The van der Waals surface area contributed by atoms with Crippen molar-refractivity contribution in [3.63, 3.8) is 0 Å². The fourth-order valence-electron chi connectivity index (χ4n) is 2.60. The van der Waals surface area contributed by atoms with Crippen LogP contribution in [0.5, 0.6) is 0 Å². The first-order chi connectivity index (χ1) is 8.76. The monoisotopic (exact) mass is 312 g/mol. The van der Waals surface area contributed by atoms with Crippen LogP contribution in [0.4, 0.5) is 0 Å². The molecule has 3 rings (SSSR count). The Hall–Kier alpha value is -0.490. The summed E-state index contributed by atoms with van der Waals surface area (Å²) in [6, 6.07) is 6.05. The van der Waals surface area contributed by atoms with E-state index in [4.69, 9.17) is 9.47 Å². The van der Waals surface area contributed by atoms with E-state index in [0.29, 0.717) is 0 Å². The lowest BCUT2D eigenvalue weighted by atomic mass is 10.0. The minimum absolute atomic E-state index is 0.277. The van der Waals surface area contributed by atoms with Crippen molar-refractivity contribution >= 4 is 15.9 Å². The van der Waals surface area contributed by atoms with Crippen molar-refractivity contribution in [2.75, 3.05) is 26.3 Å². The Bertz CT molecular complexity index is 411. The number of piperidine rings is 1. The second-order valence-corrected chi connectivity index (χ2v) is 5.65. The van der Waals surface area contributed by atoms with Gasteiger partial charge in [0.05, 0.1) is 18.9 Å². The third-order valence-corrected chi connectivity index (χ3v) is 4.03. The fraction of sp³-hybridized carbons (Fsp3) is 0.615. The van der Waals surface area contributed by atoms with Crippen LogP contribution in [-0.4, -0.2) is 42.0 Å². The summed E-state index contributed by atoms with van der Waals surface area (Å²) >= 11 is 3.41. The van der Waals surface area contributed by atoms with Crippen molar-refractivity contribution < 1.29 is 9.47 Å². The van der Waals surface area contributed by atoms with Crippen molar-refractivity contribution in [1.82, 2.24) is 9.88 Å². The van der Waals surface area contributed by atoms with Gasteiger partial charge >= 0.3 is 0 Å². The van der Waals surface area contributed by atoms with Gasteiger partial charge in [-0.3, -0.25) is 4.90 Å². The van der Waals surface area contributed by atoms with E-state index in [1.165, 1.54) is 0 Å². The predicted octanol–water partition coefficient (Wildman–Crippen LogP) is 2.18. The molecule has 0 amide bonds. The highest BCUT2D eigenvalue weighted by Crippen LogP contribution is 2.31. The smallest absolute Gasteiger partial charge is 0.170 e. The molecule has 0 saturated carbocycles. The van der Waals surface area contributed by atoms with Gasteiger partial charge in [0, 0.05) is 32.5 Å². The van der Waals surface area contributed by atoms with Gasteiger partial charge in [0.15, 0.2) is 5.79 Å². The molecule has 4 nitrogen and oxygen atoms in total. The van der Waals surface area contributed by atoms with Crippen LogP contribution in [-0.2, 0) is 16.0 Å². The molecule has 1 aromatic heterocycles. The molecule has 2 aliphatic heterocycles. The quantitative estimate of drug-likeness (QED) is 0.784. The summed E-state index contributed by atoms with van der Waals surface area (Å²) in [4.78, 5) is 6.88. The lowest BCUT2D eigenvalue weighted by Crippen LogP contribution is -2.44. The summed E-state index contributed by atoms with van der Waals surface area (Å²) in [7, 11) is 0. The molecular formula is C13H17BrN2O2. The number of hydrogen-bond donors (Lipinski definition) is 0. The number of rotatable bonds is 2. The van der Waals surface area contributed by atoms with Crippen molar-refractivity contribution in [3.8, 4) is 0 Å². The normalized spacial score (nSPS) is 23.6. The molecule has 5 heteroatoms. The van der Waals surface area contributed by atoms with E-state index in [9.17, 15) is 0 Å². The third-order valence-electron chi connectivity index (χ3n) is 3.59. The minimum Gasteiger partial charge on any atom is -0.347 e. The summed E-state index contributed by atoms with van der Waals surface area (Å²) in [5, 5.41) is 0. The van der Waals surface area contributed by atoms with Crippen LogP contribution in [0.15, 0.2) is 22.8 Å². The van der Waals surface area contributed by atoms with Crippen LogP contribution in [0.3, 0.4) is 0 Å². The highest BCUT2D eigenvalue weighted by molar-refractivity contribution is 9.10.